The highest BCUT2D eigenvalue weighted by Crippen LogP contribution is 2.29. The average molecular weight is 419 g/mol. The number of hydrogen-bond acceptors (Lipinski definition) is 5. The summed E-state index contributed by atoms with van der Waals surface area (Å²) < 4.78 is 13.0. The minimum absolute atomic E-state index is 0.0255. The van der Waals surface area contributed by atoms with Crippen LogP contribution < -0.4 is 10.6 Å². The number of rotatable bonds is 6. The van der Waals surface area contributed by atoms with Crippen molar-refractivity contribution in [3.63, 3.8) is 0 Å². The van der Waals surface area contributed by atoms with Crippen LogP contribution in [0.3, 0.4) is 0 Å². The molecule has 6 nitrogen and oxygen atoms in total. The molecule has 0 bridgehead atoms. The molecule has 0 radical (unpaired) electrons. The van der Waals surface area contributed by atoms with Gasteiger partial charge in [0.25, 0.3) is 0 Å². The van der Waals surface area contributed by atoms with Crippen LogP contribution in [0.5, 0.6) is 0 Å². The largest absolute Gasteiger partial charge is 0.344 e. The molecule has 3 rings (SSSR count). The molecule has 2 N–H and O–H groups in total. The van der Waals surface area contributed by atoms with Gasteiger partial charge in [-0.05, 0) is 43.1 Å². The van der Waals surface area contributed by atoms with Crippen molar-refractivity contribution in [2.75, 3.05) is 33.2 Å². The molecule has 1 aliphatic heterocycles. The molecule has 29 heavy (non-hydrogen) atoms. The van der Waals surface area contributed by atoms with E-state index in [1.165, 1.54) is 17.0 Å². The zero-order chi connectivity index (χ0) is 20.8. The second-order valence-corrected chi connectivity index (χ2v) is 8.35. The molecule has 1 aromatic heterocycles. The second kappa shape index (κ2) is 9.96. The first kappa shape index (κ1) is 21.4. The third kappa shape index (κ3) is 5.85. The molecule has 1 aromatic carbocycles. The van der Waals surface area contributed by atoms with Crippen LogP contribution in [-0.4, -0.2) is 60.9 Å². The Morgan fingerprint density at radius 3 is 2.41 bits per heavy atom. The minimum atomic E-state index is -0.690. The van der Waals surface area contributed by atoms with Crippen molar-refractivity contribution in [3.05, 3.63) is 58.0 Å². The van der Waals surface area contributed by atoms with E-state index in [0.29, 0.717) is 0 Å². The first-order valence-corrected chi connectivity index (χ1v) is 10.6. The van der Waals surface area contributed by atoms with Crippen molar-refractivity contribution in [1.82, 2.24) is 20.4 Å². The summed E-state index contributed by atoms with van der Waals surface area (Å²) in [4.78, 5) is 30.5. The number of piperazine rings is 1. The molecule has 8 heteroatoms. The molecule has 1 aliphatic rings. The normalized spacial score (nSPS) is 17.5. The summed E-state index contributed by atoms with van der Waals surface area (Å²) in [6, 6.07) is 9.69. The number of likely N-dealkylation sites (N-methyl/N-ethyl adjacent to an activating group) is 1. The molecule has 0 spiro atoms. The van der Waals surface area contributed by atoms with Crippen molar-refractivity contribution in [3.8, 4) is 0 Å². The van der Waals surface area contributed by atoms with E-state index in [0.717, 1.165) is 31.7 Å². The monoisotopic (exact) mass is 418 g/mol. The SMILES string of the molecule is CC(NC(=O)C(=O)NCc1ccc(F)cc1)C(c1cccs1)N1CCN(C)CC1. The van der Waals surface area contributed by atoms with Gasteiger partial charge >= 0.3 is 11.8 Å². The van der Waals surface area contributed by atoms with Gasteiger partial charge in [-0.2, -0.15) is 0 Å². The van der Waals surface area contributed by atoms with Crippen LogP contribution in [0, 0.1) is 5.82 Å². The van der Waals surface area contributed by atoms with E-state index < -0.39 is 11.8 Å². The maximum atomic E-state index is 13.0. The maximum Gasteiger partial charge on any atom is 0.309 e. The van der Waals surface area contributed by atoms with Crippen LogP contribution in [0.15, 0.2) is 41.8 Å². The van der Waals surface area contributed by atoms with Gasteiger partial charge in [0.2, 0.25) is 0 Å². The van der Waals surface area contributed by atoms with Crippen molar-refractivity contribution in [1.29, 1.82) is 0 Å². The molecular weight excluding hydrogens is 391 g/mol. The lowest BCUT2D eigenvalue weighted by molar-refractivity contribution is -0.140. The lowest BCUT2D eigenvalue weighted by Crippen LogP contribution is -2.53. The third-order valence-corrected chi connectivity index (χ3v) is 6.11. The second-order valence-electron chi connectivity index (χ2n) is 7.37. The van der Waals surface area contributed by atoms with Gasteiger partial charge < -0.3 is 15.5 Å². The fourth-order valence-corrected chi connectivity index (χ4v) is 4.48. The molecule has 0 aliphatic carbocycles. The molecule has 2 unspecified atom stereocenters. The highest BCUT2D eigenvalue weighted by molar-refractivity contribution is 7.10. The van der Waals surface area contributed by atoms with Crippen LogP contribution in [-0.2, 0) is 16.1 Å². The first-order valence-electron chi connectivity index (χ1n) is 9.73. The molecule has 1 saturated heterocycles. The van der Waals surface area contributed by atoms with Gasteiger partial charge in [-0.3, -0.25) is 14.5 Å². The van der Waals surface area contributed by atoms with E-state index in [9.17, 15) is 14.0 Å². The van der Waals surface area contributed by atoms with Crippen LogP contribution in [0.1, 0.15) is 23.4 Å². The first-order chi connectivity index (χ1) is 13.9. The number of hydrogen-bond donors (Lipinski definition) is 2. The Bertz CT molecular complexity index is 805. The maximum absolute atomic E-state index is 13.0. The van der Waals surface area contributed by atoms with Crippen molar-refractivity contribution in [2.45, 2.75) is 25.6 Å². The van der Waals surface area contributed by atoms with E-state index in [1.54, 1.807) is 23.5 Å². The predicted molar refractivity (Wildman–Crippen MR) is 112 cm³/mol. The average Bonchev–Trinajstić information content (AvgIpc) is 3.23. The molecule has 2 atom stereocenters. The summed E-state index contributed by atoms with van der Waals surface area (Å²) >= 11 is 1.66. The molecule has 2 amide bonds. The summed E-state index contributed by atoms with van der Waals surface area (Å²) in [5, 5.41) is 7.48. The summed E-state index contributed by atoms with van der Waals surface area (Å²) in [6.45, 7) is 5.88. The quantitative estimate of drug-likeness (QED) is 0.705. The molecule has 0 saturated carbocycles. The number of halogens is 1. The Balaban J connectivity index is 1.59. The van der Waals surface area contributed by atoms with Gasteiger partial charge in [0.05, 0.1) is 6.04 Å². The predicted octanol–water partition coefficient (Wildman–Crippen LogP) is 2.00. The molecule has 2 aromatic rings. The summed E-state index contributed by atoms with van der Waals surface area (Å²) in [7, 11) is 2.11. The Morgan fingerprint density at radius 2 is 1.79 bits per heavy atom. The van der Waals surface area contributed by atoms with Gasteiger partial charge in [-0.1, -0.05) is 18.2 Å². The Labute approximate surface area is 174 Å². The van der Waals surface area contributed by atoms with Crippen molar-refractivity contribution < 1.29 is 14.0 Å². The minimum Gasteiger partial charge on any atom is -0.344 e. The van der Waals surface area contributed by atoms with E-state index in [2.05, 4.69) is 33.5 Å². The Hall–Kier alpha value is -2.29. The van der Waals surface area contributed by atoms with Crippen molar-refractivity contribution in [2.24, 2.45) is 0 Å². The van der Waals surface area contributed by atoms with Gasteiger partial charge in [0.15, 0.2) is 0 Å². The molecule has 1 fully saturated rings. The Morgan fingerprint density at radius 1 is 1.10 bits per heavy atom. The summed E-state index contributed by atoms with van der Waals surface area (Å²) in [5.74, 6) is -1.69. The van der Waals surface area contributed by atoms with E-state index in [4.69, 9.17) is 0 Å². The number of carbonyl (C=O) groups excluding carboxylic acids is 2. The highest BCUT2D eigenvalue weighted by Gasteiger charge is 2.31. The topological polar surface area (TPSA) is 64.7 Å². The molecule has 156 valence electrons. The van der Waals surface area contributed by atoms with Gasteiger partial charge in [0.1, 0.15) is 5.82 Å². The fraction of sp³-hybridized carbons (Fsp3) is 0.429. The third-order valence-electron chi connectivity index (χ3n) is 5.17. The fourth-order valence-electron chi connectivity index (χ4n) is 3.52. The van der Waals surface area contributed by atoms with Gasteiger partial charge in [-0.25, -0.2) is 4.39 Å². The number of amides is 2. The highest BCUT2D eigenvalue weighted by atomic mass is 32.1. The summed E-state index contributed by atoms with van der Waals surface area (Å²) in [5.41, 5.74) is 0.731. The lowest BCUT2D eigenvalue weighted by Gasteiger charge is -2.40. The van der Waals surface area contributed by atoms with Crippen LogP contribution in [0.2, 0.25) is 0 Å². The van der Waals surface area contributed by atoms with Crippen LogP contribution >= 0.6 is 11.3 Å². The Kier molecular flexibility index (Phi) is 7.35. The standard InChI is InChI=1S/C21H27FN4O2S/c1-15(19(18-4-3-13-29-18)26-11-9-25(2)10-12-26)24-21(28)20(27)23-14-16-5-7-17(22)8-6-16/h3-8,13,15,19H,9-12,14H2,1-2H3,(H,23,27)(H,24,28). The van der Waals surface area contributed by atoms with Crippen LogP contribution in [0.4, 0.5) is 4.39 Å². The van der Waals surface area contributed by atoms with Crippen molar-refractivity contribution >= 4 is 23.2 Å². The lowest BCUT2D eigenvalue weighted by atomic mass is 10.0. The molecular formula is C21H27FN4O2S. The zero-order valence-corrected chi connectivity index (χ0v) is 17.5. The molecule has 2 heterocycles. The zero-order valence-electron chi connectivity index (χ0n) is 16.7. The smallest absolute Gasteiger partial charge is 0.309 e. The number of nitrogens with zero attached hydrogens (tertiary/aromatic N) is 2. The number of nitrogens with one attached hydrogen (secondary N) is 2. The van der Waals surface area contributed by atoms with Gasteiger partial charge in [-0.15, -0.1) is 11.3 Å². The summed E-state index contributed by atoms with van der Waals surface area (Å²) in [6.07, 6.45) is 0. The number of carbonyl (C=O) groups is 2. The number of thiophene rings is 1. The van der Waals surface area contributed by atoms with E-state index in [-0.39, 0.29) is 24.4 Å². The van der Waals surface area contributed by atoms with Crippen LogP contribution in [0.25, 0.3) is 0 Å². The number of benzene rings is 1. The van der Waals surface area contributed by atoms with E-state index >= 15 is 0 Å². The van der Waals surface area contributed by atoms with E-state index in [1.807, 2.05) is 18.4 Å². The van der Waals surface area contributed by atoms with Gasteiger partial charge in [0, 0.05) is 43.6 Å².